The Morgan fingerprint density at radius 3 is 2.60 bits per heavy atom. The highest BCUT2D eigenvalue weighted by molar-refractivity contribution is 5.89. The number of ether oxygens (including phenoxy) is 3. The number of nitrogens with zero attached hydrogens (tertiary/aromatic N) is 1. The maximum atomic E-state index is 11.5. The van der Waals surface area contributed by atoms with Gasteiger partial charge in [0.15, 0.2) is 5.75 Å². The molecule has 2 aromatic rings. The molecule has 1 heterocycles. The highest BCUT2D eigenvalue weighted by Crippen LogP contribution is 2.26. The van der Waals surface area contributed by atoms with Crippen molar-refractivity contribution in [2.75, 3.05) is 14.2 Å². The highest BCUT2D eigenvalue weighted by atomic mass is 16.5. The van der Waals surface area contributed by atoms with Gasteiger partial charge in [0, 0.05) is 12.3 Å². The Labute approximate surface area is 117 Å². The normalized spacial score (nSPS) is 9.90. The summed E-state index contributed by atoms with van der Waals surface area (Å²) in [5.74, 6) is 0.262. The number of pyridine rings is 1. The minimum atomic E-state index is -0.468. The van der Waals surface area contributed by atoms with E-state index < -0.39 is 5.97 Å². The molecule has 0 amide bonds. The number of hydrogen-bond donors (Lipinski definition) is 0. The predicted molar refractivity (Wildman–Crippen MR) is 72.9 cm³/mol. The van der Waals surface area contributed by atoms with E-state index in [0.29, 0.717) is 23.8 Å². The molecule has 2 rings (SSSR count). The molecule has 0 unspecified atom stereocenters. The maximum Gasteiger partial charge on any atom is 0.339 e. The van der Waals surface area contributed by atoms with Gasteiger partial charge in [-0.3, -0.25) is 0 Å². The van der Waals surface area contributed by atoms with Crippen LogP contribution in [0.4, 0.5) is 0 Å². The molecule has 0 N–H and O–H groups in total. The van der Waals surface area contributed by atoms with Gasteiger partial charge in [0.05, 0.1) is 19.8 Å². The van der Waals surface area contributed by atoms with E-state index in [4.69, 9.17) is 9.47 Å². The summed E-state index contributed by atoms with van der Waals surface area (Å²) in [5.41, 5.74) is 1.33. The molecule has 20 heavy (non-hydrogen) atoms. The van der Waals surface area contributed by atoms with Crippen LogP contribution in [0.1, 0.15) is 15.9 Å². The number of aromatic nitrogens is 1. The average Bonchev–Trinajstić information content (AvgIpc) is 2.52. The summed E-state index contributed by atoms with van der Waals surface area (Å²) >= 11 is 0. The zero-order valence-corrected chi connectivity index (χ0v) is 11.3. The van der Waals surface area contributed by atoms with E-state index in [1.54, 1.807) is 6.07 Å². The van der Waals surface area contributed by atoms with Crippen molar-refractivity contribution in [2.45, 2.75) is 6.61 Å². The fraction of sp³-hybridized carbons (Fsp3) is 0.200. The Balaban J connectivity index is 2.18. The number of esters is 1. The van der Waals surface area contributed by atoms with Crippen LogP contribution in [0.5, 0.6) is 11.6 Å². The van der Waals surface area contributed by atoms with Crippen molar-refractivity contribution in [2.24, 2.45) is 0 Å². The van der Waals surface area contributed by atoms with Crippen molar-refractivity contribution in [3.05, 3.63) is 53.7 Å². The van der Waals surface area contributed by atoms with Crippen LogP contribution < -0.4 is 9.47 Å². The third kappa shape index (κ3) is 3.26. The zero-order chi connectivity index (χ0) is 14.4. The Kier molecular flexibility index (Phi) is 4.55. The van der Waals surface area contributed by atoms with E-state index in [1.165, 1.54) is 20.4 Å². The van der Waals surface area contributed by atoms with Gasteiger partial charge in [-0.25, -0.2) is 9.78 Å². The van der Waals surface area contributed by atoms with Gasteiger partial charge in [-0.05, 0) is 5.56 Å². The maximum absolute atomic E-state index is 11.5. The van der Waals surface area contributed by atoms with Crippen LogP contribution in [0.15, 0.2) is 42.6 Å². The van der Waals surface area contributed by atoms with E-state index >= 15 is 0 Å². The minimum Gasteiger partial charge on any atom is -0.483 e. The van der Waals surface area contributed by atoms with Crippen LogP contribution in [-0.2, 0) is 11.3 Å². The molecule has 104 valence electrons. The number of carbonyl (C=O) groups is 1. The molecular weight excluding hydrogens is 258 g/mol. The summed E-state index contributed by atoms with van der Waals surface area (Å²) in [6, 6.07) is 11.2. The topological polar surface area (TPSA) is 57.7 Å². The molecule has 0 spiro atoms. The predicted octanol–water partition coefficient (Wildman–Crippen LogP) is 2.46. The monoisotopic (exact) mass is 273 g/mol. The van der Waals surface area contributed by atoms with Gasteiger partial charge in [0.1, 0.15) is 6.61 Å². The first-order valence-electron chi connectivity index (χ1n) is 6.03. The largest absolute Gasteiger partial charge is 0.483 e. The van der Waals surface area contributed by atoms with Crippen molar-refractivity contribution >= 4 is 5.97 Å². The lowest BCUT2D eigenvalue weighted by molar-refractivity contribution is 0.0599. The molecule has 1 aromatic heterocycles. The number of hydrogen-bond acceptors (Lipinski definition) is 5. The molecular formula is C15H15NO4. The summed E-state index contributed by atoms with van der Waals surface area (Å²) in [6.07, 6.45) is 1.39. The van der Waals surface area contributed by atoms with Crippen molar-refractivity contribution in [3.8, 4) is 11.6 Å². The Hall–Kier alpha value is -2.56. The molecule has 0 saturated heterocycles. The number of benzene rings is 1. The van der Waals surface area contributed by atoms with Crippen LogP contribution in [-0.4, -0.2) is 25.2 Å². The minimum absolute atomic E-state index is 0.316. The third-order valence-corrected chi connectivity index (χ3v) is 2.67. The van der Waals surface area contributed by atoms with Gasteiger partial charge in [-0.2, -0.15) is 0 Å². The quantitative estimate of drug-likeness (QED) is 0.783. The first-order chi connectivity index (χ1) is 9.74. The van der Waals surface area contributed by atoms with Crippen molar-refractivity contribution < 1.29 is 19.0 Å². The van der Waals surface area contributed by atoms with Gasteiger partial charge in [-0.1, -0.05) is 30.3 Å². The van der Waals surface area contributed by atoms with Crippen LogP contribution in [0.3, 0.4) is 0 Å². The molecule has 0 saturated carbocycles. The second-order valence-electron chi connectivity index (χ2n) is 4.00. The SMILES string of the molecule is COC(=O)c1cnc(OC)c(OCc2ccccc2)c1. The summed E-state index contributed by atoms with van der Waals surface area (Å²) < 4.78 is 15.4. The molecule has 5 nitrogen and oxygen atoms in total. The highest BCUT2D eigenvalue weighted by Gasteiger charge is 2.13. The number of carbonyl (C=O) groups excluding carboxylic acids is 1. The summed E-state index contributed by atoms with van der Waals surface area (Å²) in [4.78, 5) is 15.5. The molecule has 0 aliphatic carbocycles. The van der Waals surface area contributed by atoms with Crippen LogP contribution in [0.2, 0.25) is 0 Å². The molecule has 1 aromatic carbocycles. The summed E-state index contributed by atoms with van der Waals surface area (Å²) in [7, 11) is 2.81. The number of methoxy groups -OCH3 is 2. The van der Waals surface area contributed by atoms with Gasteiger partial charge in [-0.15, -0.1) is 0 Å². The first kappa shape index (κ1) is 13.9. The third-order valence-electron chi connectivity index (χ3n) is 2.67. The lowest BCUT2D eigenvalue weighted by Gasteiger charge is -2.10. The molecule has 0 radical (unpaired) electrons. The van der Waals surface area contributed by atoms with Crippen molar-refractivity contribution in [1.29, 1.82) is 0 Å². The fourth-order valence-electron chi connectivity index (χ4n) is 1.65. The van der Waals surface area contributed by atoms with Crippen molar-refractivity contribution in [1.82, 2.24) is 4.98 Å². The standard InChI is InChI=1S/C15H15NO4/c1-18-14-13(8-12(9-16-14)15(17)19-2)20-10-11-6-4-3-5-7-11/h3-9H,10H2,1-2H3. The fourth-order valence-corrected chi connectivity index (χ4v) is 1.65. The van der Waals surface area contributed by atoms with Gasteiger partial charge >= 0.3 is 5.97 Å². The Morgan fingerprint density at radius 2 is 1.95 bits per heavy atom. The molecule has 0 aliphatic heterocycles. The van der Waals surface area contributed by atoms with Gasteiger partial charge < -0.3 is 14.2 Å². The van der Waals surface area contributed by atoms with Crippen LogP contribution in [0, 0.1) is 0 Å². The summed E-state index contributed by atoms with van der Waals surface area (Å²) in [6.45, 7) is 0.365. The van der Waals surface area contributed by atoms with Gasteiger partial charge in [0.2, 0.25) is 0 Å². The first-order valence-corrected chi connectivity index (χ1v) is 6.03. The van der Waals surface area contributed by atoms with Crippen molar-refractivity contribution in [3.63, 3.8) is 0 Å². The van der Waals surface area contributed by atoms with E-state index in [-0.39, 0.29) is 0 Å². The average molecular weight is 273 g/mol. The molecule has 0 bridgehead atoms. The Bertz CT molecular complexity index is 584. The number of rotatable bonds is 5. The molecule has 0 aliphatic rings. The lowest BCUT2D eigenvalue weighted by atomic mass is 10.2. The van der Waals surface area contributed by atoms with E-state index in [2.05, 4.69) is 9.72 Å². The van der Waals surface area contributed by atoms with Crippen LogP contribution in [0.25, 0.3) is 0 Å². The second-order valence-corrected chi connectivity index (χ2v) is 4.00. The summed E-state index contributed by atoms with van der Waals surface area (Å²) in [5, 5.41) is 0. The van der Waals surface area contributed by atoms with Crippen LogP contribution >= 0.6 is 0 Å². The molecule has 5 heteroatoms. The van der Waals surface area contributed by atoms with Gasteiger partial charge in [0.25, 0.3) is 5.88 Å². The second kappa shape index (κ2) is 6.56. The molecule has 0 atom stereocenters. The van der Waals surface area contributed by atoms with E-state index in [1.807, 2.05) is 30.3 Å². The van der Waals surface area contributed by atoms with E-state index in [0.717, 1.165) is 5.56 Å². The lowest BCUT2D eigenvalue weighted by Crippen LogP contribution is -2.05. The smallest absolute Gasteiger partial charge is 0.339 e. The molecule has 0 fully saturated rings. The zero-order valence-electron chi connectivity index (χ0n) is 11.3. The van der Waals surface area contributed by atoms with E-state index in [9.17, 15) is 4.79 Å². The Morgan fingerprint density at radius 1 is 1.20 bits per heavy atom.